The number of ether oxygens (including phenoxy) is 1. The van der Waals surface area contributed by atoms with Gasteiger partial charge in [-0.2, -0.15) is 0 Å². The number of halogens is 3. The highest BCUT2D eigenvalue weighted by atomic mass is 19.4. The van der Waals surface area contributed by atoms with Gasteiger partial charge < -0.3 is 15.4 Å². The molecule has 1 aromatic rings. The third-order valence-corrected chi connectivity index (χ3v) is 3.40. The van der Waals surface area contributed by atoms with Gasteiger partial charge in [-0.25, -0.2) is 0 Å². The molecule has 1 heterocycles. The summed E-state index contributed by atoms with van der Waals surface area (Å²) in [5.74, 6) is -0.576. The minimum atomic E-state index is -4.77. The maximum absolute atomic E-state index is 12.3. The Bertz CT molecular complexity index is 550. The van der Waals surface area contributed by atoms with Gasteiger partial charge >= 0.3 is 6.36 Å². The first-order valence-electron chi connectivity index (χ1n) is 6.92. The van der Waals surface area contributed by atoms with Crippen LogP contribution in [-0.2, 0) is 4.79 Å². The molecule has 0 aromatic heterocycles. The lowest BCUT2D eigenvalue weighted by molar-refractivity contribution is -0.274. The molecular formula is C15H17F3N2O2. The Kier molecular flexibility index (Phi) is 5.07. The first kappa shape index (κ1) is 16.4. The average Bonchev–Trinajstić information content (AvgIpc) is 2.45. The summed E-state index contributed by atoms with van der Waals surface area (Å²) in [5.41, 5.74) is 5.96. The Labute approximate surface area is 126 Å². The molecule has 4 nitrogen and oxygen atoms in total. The van der Waals surface area contributed by atoms with Gasteiger partial charge in [0.1, 0.15) is 5.75 Å². The monoisotopic (exact) mass is 314 g/mol. The second-order valence-electron chi connectivity index (χ2n) is 5.08. The molecule has 1 saturated heterocycles. The van der Waals surface area contributed by atoms with E-state index in [0.717, 1.165) is 12.8 Å². The summed E-state index contributed by atoms with van der Waals surface area (Å²) in [6.45, 7) is 1.12. The van der Waals surface area contributed by atoms with Crippen LogP contribution in [0.15, 0.2) is 30.3 Å². The standard InChI is InChI=1S/C15H17F3N2O2/c16-15(17,18)22-13-4-2-1-3-11(13)5-6-14(21)20-9-7-12(19)8-10-20/h1-6,12H,7-10,19H2. The van der Waals surface area contributed by atoms with Crippen molar-refractivity contribution >= 4 is 12.0 Å². The number of carbonyl (C=O) groups excluding carboxylic acids is 1. The first-order chi connectivity index (χ1) is 10.3. The van der Waals surface area contributed by atoms with E-state index >= 15 is 0 Å². The van der Waals surface area contributed by atoms with Crippen molar-refractivity contribution in [3.63, 3.8) is 0 Å². The van der Waals surface area contributed by atoms with Crippen LogP contribution in [0.25, 0.3) is 6.08 Å². The second kappa shape index (κ2) is 6.83. The Morgan fingerprint density at radius 3 is 2.55 bits per heavy atom. The third-order valence-electron chi connectivity index (χ3n) is 3.40. The van der Waals surface area contributed by atoms with Crippen LogP contribution in [0.2, 0.25) is 0 Å². The number of piperidine rings is 1. The summed E-state index contributed by atoms with van der Waals surface area (Å²) in [6.07, 6.45) is -0.717. The molecule has 0 bridgehead atoms. The summed E-state index contributed by atoms with van der Waals surface area (Å²) in [4.78, 5) is 13.6. The third kappa shape index (κ3) is 4.77. The van der Waals surface area contributed by atoms with Gasteiger partial charge in [-0.15, -0.1) is 13.2 Å². The fourth-order valence-corrected chi connectivity index (χ4v) is 2.22. The van der Waals surface area contributed by atoms with Crippen molar-refractivity contribution in [1.29, 1.82) is 0 Å². The van der Waals surface area contributed by atoms with E-state index in [9.17, 15) is 18.0 Å². The van der Waals surface area contributed by atoms with Crippen molar-refractivity contribution in [3.05, 3.63) is 35.9 Å². The molecule has 0 saturated carbocycles. The highest BCUT2D eigenvalue weighted by Gasteiger charge is 2.31. The summed E-state index contributed by atoms with van der Waals surface area (Å²) in [7, 11) is 0. The van der Waals surface area contributed by atoms with Gasteiger partial charge in [0.05, 0.1) is 0 Å². The first-order valence-corrected chi connectivity index (χ1v) is 6.92. The average molecular weight is 314 g/mol. The Balaban J connectivity index is 2.05. The van der Waals surface area contributed by atoms with Crippen LogP contribution >= 0.6 is 0 Å². The van der Waals surface area contributed by atoms with E-state index in [2.05, 4.69) is 4.74 Å². The lowest BCUT2D eigenvalue weighted by atomic mass is 10.1. The summed E-state index contributed by atoms with van der Waals surface area (Å²) < 4.78 is 40.9. The normalized spacial score (nSPS) is 17.0. The van der Waals surface area contributed by atoms with Crippen LogP contribution in [-0.4, -0.2) is 36.3 Å². The lowest BCUT2D eigenvalue weighted by Gasteiger charge is -2.29. The number of hydrogen-bond donors (Lipinski definition) is 1. The molecule has 1 aliphatic rings. The molecule has 2 rings (SSSR count). The van der Waals surface area contributed by atoms with Gasteiger partial charge in [0.25, 0.3) is 0 Å². The van der Waals surface area contributed by atoms with Gasteiger partial charge in [-0.05, 0) is 25.0 Å². The maximum Gasteiger partial charge on any atom is 0.573 e. The Morgan fingerprint density at radius 2 is 1.91 bits per heavy atom. The molecule has 22 heavy (non-hydrogen) atoms. The van der Waals surface area contributed by atoms with Crippen LogP contribution < -0.4 is 10.5 Å². The second-order valence-corrected chi connectivity index (χ2v) is 5.08. The van der Waals surface area contributed by atoms with Crippen molar-refractivity contribution in [3.8, 4) is 5.75 Å². The highest BCUT2D eigenvalue weighted by Crippen LogP contribution is 2.27. The van der Waals surface area contributed by atoms with Crippen LogP contribution in [0.3, 0.4) is 0 Å². The zero-order valence-electron chi connectivity index (χ0n) is 11.8. The molecule has 0 aliphatic carbocycles. The number of carbonyl (C=O) groups is 1. The fourth-order valence-electron chi connectivity index (χ4n) is 2.22. The summed E-state index contributed by atoms with van der Waals surface area (Å²) >= 11 is 0. The van der Waals surface area contributed by atoms with E-state index < -0.39 is 6.36 Å². The predicted octanol–water partition coefficient (Wildman–Crippen LogP) is 2.55. The highest BCUT2D eigenvalue weighted by molar-refractivity contribution is 5.92. The SMILES string of the molecule is NC1CCN(C(=O)C=Cc2ccccc2OC(F)(F)F)CC1. The van der Waals surface area contributed by atoms with Crippen LogP contribution in [0, 0.1) is 0 Å². The number of rotatable bonds is 3. The Hall–Kier alpha value is -2.02. The molecular weight excluding hydrogens is 297 g/mol. The van der Waals surface area contributed by atoms with Gasteiger partial charge in [-0.1, -0.05) is 18.2 Å². The molecule has 7 heteroatoms. The molecule has 1 fully saturated rings. The van der Waals surface area contributed by atoms with Gasteiger partial charge in [0.2, 0.25) is 5.91 Å². The number of para-hydroxylation sites is 1. The number of benzene rings is 1. The van der Waals surface area contributed by atoms with Gasteiger partial charge in [0, 0.05) is 30.8 Å². The van der Waals surface area contributed by atoms with E-state index in [1.165, 1.54) is 30.4 Å². The number of alkyl halides is 3. The van der Waals surface area contributed by atoms with E-state index in [4.69, 9.17) is 5.73 Å². The number of nitrogens with two attached hydrogens (primary N) is 1. The fraction of sp³-hybridized carbons (Fsp3) is 0.400. The minimum Gasteiger partial charge on any atom is -0.405 e. The summed E-state index contributed by atoms with van der Waals surface area (Å²) in [6, 6.07) is 5.78. The molecule has 0 radical (unpaired) electrons. The number of amides is 1. The van der Waals surface area contributed by atoms with Crippen molar-refractivity contribution < 1.29 is 22.7 Å². The topological polar surface area (TPSA) is 55.6 Å². The van der Waals surface area contributed by atoms with E-state index in [-0.39, 0.29) is 23.3 Å². The lowest BCUT2D eigenvalue weighted by Crippen LogP contribution is -2.42. The quantitative estimate of drug-likeness (QED) is 0.872. The molecule has 1 amide bonds. The Morgan fingerprint density at radius 1 is 1.27 bits per heavy atom. The number of nitrogens with zero attached hydrogens (tertiary/aromatic N) is 1. The molecule has 2 N–H and O–H groups in total. The van der Waals surface area contributed by atoms with E-state index in [1.807, 2.05) is 0 Å². The largest absolute Gasteiger partial charge is 0.573 e. The number of hydrogen-bond acceptors (Lipinski definition) is 3. The van der Waals surface area contributed by atoms with Crippen LogP contribution in [0.4, 0.5) is 13.2 Å². The smallest absolute Gasteiger partial charge is 0.405 e. The maximum atomic E-state index is 12.3. The molecule has 120 valence electrons. The van der Waals surface area contributed by atoms with Crippen LogP contribution in [0.1, 0.15) is 18.4 Å². The van der Waals surface area contributed by atoms with Crippen molar-refractivity contribution in [1.82, 2.24) is 4.90 Å². The molecule has 0 spiro atoms. The van der Waals surface area contributed by atoms with Gasteiger partial charge in [-0.3, -0.25) is 4.79 Å². The summed E-state index contributed by atoms with van der Waals surface area (Å²) in [5, 5.41) is 0. The number of likely N-dealkylation sites (tertiary alicyclic amines) is 1. The van der Waals surface area contributed by atoms with Crippen molar-refractivity contribution in [2.75, 3.05) is 13.1 Å². The van der Waals surface area contributed by atoms with E-state index in [1.54, 1.807) is 11.0 Å². The van der Waals surface area contributed by atoms with Crippen molar-refractivity contribution in [2.45, 2.75) is 25.2 Å². The molecule has 0 unspecified atom stereocenters. The predicted molar refractivity (Wildman–Crippen MR) is 75.9 cm³/mol. The van der Waals surface area contributed by atoms with E-state index in [0.29, 0.717) is 13.1 Å². The van der Waals surface area contributed by atoms with Crippen LogP contribution in [0.5, 0.6) is 5.75 Å². The van der Waals surface area contributed by atoms with Gasteiger partial charge in [0.15, 0.2) is 0 Å². The minimum absolute atomic E-state index is 0.106. The molecule has 0 atom stereocenters. The zero-order chi connectivity index (χ0) is 16.2. The molecule has 1 aliphatic heterocycles. The molecule has 1 aromatic carbocycles. The zero-order valence-corrected chi connectivity index (χ0v) is 11.8. The van der Waals surface area contributed by atoms with Crippen molar-refractivity contribution in [2.24, 2.45) is 5.73 Å².